The van der Waals surface area contributed by atoms with Crippen LogP contribution in [0.4, 0.5) is 0 Å². The molecule has 2 unspecified atom stereocenters. The van der Waals surface area contributed by atoms with E-state index in [1.54, 1.807) is 46.2 Å². The van der Waals surface area contributed by atoms with Crippen LogP contribution in [-0.4, -0.2) is 9.13 Å². The number of hydrogen-bond acceptors (Lipinski definition) is 4. The highest BCUT2D eigenvalue weighted by Crippen LogP contribution is 2.21. The first kappa shape index (κ1) is 20.1. The van der Waals surface area contributed by atoms with Crippen LogP contribution in [0.1, 0.15) is 49.1 Å². The zero-order chi connectivity index (χ0) is 20.9. The molecule has 2 aliphatic rings. The van der Waals surface area contributed by atoms with E-state index in [9.17, 15) is 19.8 Å². The summed E-state index contributed by atoms with van der Waals surface area (Å²) in [5.74, 6) is 1.86. The summed E-state index contributed by atoms with van der Waals surface area (Å²) >= 11 is 0. The molecule has 28 heavy (non-hydrogen) atoms. The molecular weight excluding hydrogens is 360 g/mol. The van der Waals surface area contributed by atoms with E-state index in [0.29, 0.717) is 17.0 Å². The molecule has 0 saturated carbocycles. The minimum Gasteiger partial charge on any atom is -0.842 e. The highest BCUT2D eigenvalue weighted by atomic mass is 16.3. The van der Waals surface area contributed by atoms with Crippen LogP contribution in [0, 0.1) is 19.8 Å². The average Bonchev–Trinajstić information content (AvgIpc) is 3.25. The maximum absolute atomic E-state index is 11.8. The van der Waals surface area contributed by atoms with Crippen molar-refractivity contribution in [2.75, 3.05) is 0 Å². The summed E-state index contributed by atoms with van der Waals surface area (Å²) in [5, 5.41) is 23.2. The number of nitrogens with zero attached hydrogens (tertiary/aromatic N) is 4. The zero-order valence-corrected chi connectivity index (χ0v) is 17.4. The minimum absolute atomic E-state index is 0.117. The van der Waals surface area contributed by atoms with Gasteiger partial charge in [0.2, 0.25) is 0 Å². The van der Waals surface area contributed by atoms with E-state index in [-0.39, 0.29) is 28.9 Å². The first-order valence-electron chi connectivity index (χ1n) is 9.66. The summed E-state index contributed by atoms with van der Waals surface area (Å²) in [6.07, 6.45) is 2.59. The highest BCUT2D eigenvalue weighted by Gasteiger charge is 2.31. The molecule has 0 N–H and O–H groups in total. The van der Waals surface area contributed by atoms with Gasteiger partial charge in [0.1, 0.15) is 6.04 Å². The second-order valence-electron chi connectivity index (χ2n) is 8.10. The molecule has 8 nitrogen and oxygen atoms in total. The van der Waals surface area contributed by atoms with Crippen LogP contribution in [0.15, 0.2) is 9.59 Å². The van der Waals surface area contributed by atoms with E-state index in [1.165, 1.54) is 0 Å². The van der Waals surface area contributed by atoms with Crippen LogP contribution in [0.5, 0.6) is 11.8 Å². The molecule has 2 aromatic heterocycles. The van der Waals surface area contributed by atoms with E-state index in [4.69, 9.17) is 0 Å². The fourth-order valence-corrected chi connectivity index (χ4v) is 4.21. The van der Waals surface area contributed by atoms with Crippen molar-refractivity contribution in [3.8, 4) is 11.8 Å². The molecule has 0 amide bonds. The SMILES string of the molecule is Cc1c([O-])[n+](C)c2n(c1=O)C(C)CC2.Cc1c([O-])[n+](C)c2n(c1=O)CC(C)C2. The maximum atomic E-state index is 11.8. The molecule has 0 aromatic carbocycles. The first-order valence-corrected chi connectivity index (χ1v) is 9.66. The lowest BCUT2D eigenvalue weighted by atomic mass is 10.1. The van der Waals surface area contributed by atoms with Gasteiger partial charge in [0, 0.05) is 5.92 Å². The standard InChI is InChI=1S/2C10H14N2O2/c1-6-4-8-11(3)9(13)7(2)10(14)12(8)5-6;1-6-4-5-8-11(3)9(13)7(2)10(14)12(6)8/h2*6H,4-5H2,1-3H3. The normalized spacial score (nSPS) is 19.8. The Labute approximate surface area is 163 Å². The lowest BCUT2D eigenvalue weighted by molar-refractivity contribution is -0.724. The predicted molar refractivity (Wildman–Crippen MR) is 98.0 cm³/mol. The molecule has 0 aliphatic carbocycles. The molecule has 4 rings (SSSR count). The number of hydrogen-bond donors (Lipinski definition) is 0. The van der Waals surface area contributed by atoms with Crippen molar-refractivity contribution in [1.82, 2.24) is 9.13 Å². The summed E-state index contributed by atoms with van der Waals surface area (Å²) in [5.41, 5.74) is 0.413. The smallest absolute Gasteiger partial charge is 0.339 e. The van der Waals surface area contributed by atoms with Crippen molar-refractivity contribution >= 4 is 0 Å². The molecule has 2 aromatic rings. The van der Waals surface area contributed by atoms with Gasteiger partial charge in [-0.05, 0) is 27.2 Å². The average molecular weight is 388 g/mol. The van der Waals surface area contributed by atoms with Crippen LogP contribution in [0.3, 0.4) is 0 Å². The van der Waals surface area contributed by atoms with Crippen LogP contribution < -0.4 is 30.5 Å². The Morgan fingerprint density at radius 2 is 1.46 bits per heavy atom. The molecule has 0 saturated heterocycles. The van der Waals surface area contributed by atoms with Crippen LogP contribution in [0.2, 0.25) is 0 Å². The fraction of sp³-hybridized carbons (Fsp3) is 0.600. The highest BCUT2D eigenvalue weighted by molar-refractivity contribution is 5.17. The van der Waals surface area contributed by atoms with Crippen molar-refractivity contribution in [2.45, 2.75) is 59.5 Å². The van der Waals surface area contributed by atoms with Crippen molar-refractivity contribution in [3.05, 3.63) is 43.5 Å². The van der Waals surface area contributed by atoms with Gasteiger partial charge in [-0.25, -0.2) is 18.7 Å². The monoisotopic (exact) mass is 388 g/mol. The fourth-order valence-electron chi connectivity index (χ4n) is 4.21. The van der Waals surface area contributed by atoms with E-state index in [1.807, 2.05) is 6.92 Å². The molecule has 0 radical (unpaired) electrons. The topological polar surface area (TPSA) is 97.9 Å². The molecule has 152 valence electrons. The van der Waals surface area contributed by atoms with Crippen molar-refractivity contribution < 1.29 is 19.3 Å². The molecule has 0 bridgehead atoms. The van der Waals surface area contributed by atoms with Crippen LogP contribution in [0.25, 0.3) is 0 Å². The van der Waals surface area contributed by atoms with Crippen molar-refractivity contribution in [3.63, 3.8) is 0 Å². The van der Waals surface area contributed by atoms with Gasteiger partial charge in [0.25, 0.3) is 11.6 Å². The quantitative estimate of drug-likeness (QED) is 0.530. The number of fused-ring (bicyclic) bond motifs is 2. The van der Waals surface area contributed by atoms with E-state index in [2.05, 4.69) is 6.92 Å². The van der Waals surface area contributed by atoms with Crippen molar-refractivity contribution in [1.29, 1.82) is 0 Å². The Bertz CT molecular complexity index is 1070. The van der Waals surface area contributed by atoms with Crippen LogP contribution >= 0.6 is 0 Å². The first-order chi connectivity index (χ1) is 13.1. The van der Waals surface area contributed by atoms with Gasteiger partial charge in [-0.2, -0.15) is 9.13 Å². The third-order valence-corrected chi connectivity index (χ3v) is 5.97. The molecule has 4 heterocycles. The lowest BCUT2D eigenvalue weighted by Crippen LogP contribution is -2.45. The Morgan fingerprint density at radius 1 is 0.929 bits per heavy atom. The molecular formula is C20H28N4O4. The Kier molecular flexibility index (Phi) is 5.08. The molecule has 0 spiro atoms. The van der Waals surface area contributed by atoms with Gasteiger partial charge in [0.05, 0.1) is 56.4 Å². The summed E-state index contributed by atoms with van der Waals surface area (Å²) in [7, 11) is 3.47. The number of rotatable bonds is 0. The second kappa shape index (κ2) is 7.07. The van der Waals surface area contributed by atoms with Gasteiger partial charge in [-0.1, -0.05) is 6.92 Å². The third-order valence-electron chi connectivity index (χ3n) is 5.97. The summed E-state index contributed by atoms with van der Waals surface area (Å²) in [6, 6.07) is 0.225. The van der Waals surface area contributed by atoms with Crippen LogP contribution in [-0.2, 0) is 33.5 Å². The Morgan fingerprint density at radius 3 is 2.07 bits per heavy atom. The van der Waals surface area contributed by atoms with Gasteiger partial charge in [0.15, 0.2) is 0 Å². The number of aromatic nitrogens is 4. The Balaban J connectivity index is 0.000000161. The lowest BCUT2D eigenvalue weighted by Gasteiger charge is -2.13. The molecule has 0 fully saturated rings. The third kappa shape index (κ3) is 3.00. The molecule has 2 aliphatic heterocycles. The largest absolute Gasteiger partial charge is 0.842 e. The molecule has 8 heteroatoms. The van der Waals surface area contributed by atoms with E-state index in [0.717, 1.165) is 37.5 Å². The summed E-state index contributed by atoms with van der Waals surface area (Å²) in [6.45, 7) is 8.04. The van der Waals surface area contributed by atoms with Gasteiger partial charge in [-0.15, -0.1) is 0 Å². The molecule has 2 atom stereocenters. The van der Waals surface area contributed by atoms with Crippen molar-refractivity contribution in [2.24, 2.45) is 20.0 Å². The second-order valence-corrected chi connectivity index (χ2v) is 8.10. The zero-order valence-electron chi connectivity index (χ0n) is 17.4. The Hall–Kier alpha value is -2.64. The van der Waals surface area contributed by atoms with Gasteiger partial charge >= 0.3 is 11.1 Å². The van der Waals surface area contributed by atoms with Gasteiger partial charge in [-0.3, -0.25) is 0 Å². The summed E-state index contributed by atoms with van der Waals surface area (Å²) in [4.78, 5) is 23.5. The summed E-state index contributed by atoms with van der Waals surface area (Å²) < 4.78 is 6.67. The maximum Gasteiger partial charge on any atom is 0.339 e. The van der Waals surface area contributed by atoms with E-state index < -0.39 is 0 Å². The van der Waals surface area contributed by atoms with Gasteiger partial charge < -0.3 is 10.2 Å². The van der Waals surface area contributed by atoms with E-state index >= 15 is 0 Å². The minimum atomic E-state index is -0.157. The predicted octanol–water partition coefficient (Wildman–Crippen LogP) is -1.19.